The third kappa shape index (κ3) is 10.9. The standard InChI is InChI=1S/C21H29N5O3.C5H12O.C2H6/c1-24(10-9-20(29)22-14-27)21-18-6-5-17(13-19(18)25(2)23-21)4-3-16-7-11-26(15-28)12-8-16;1-5(2)4-6-3;1-2/h5-6,13-16H,3-4,7-12H2,1-2H3,(H,22,27,29);5H,4H2,1-3H3;1-2H3. The molecule has 37 heavy (non-hydrogen) atoms. The van der Waals surface area contributed by atoms with Gasteiger partial charge in [-0.2, -0.15) is 5.10 Å². The Morgan fingerprint density at radius 3 is 2.46 bits per heavy atom. The molecule has 1 aliphatic rings. The van der Waals surface area contributed by atoms with Crippen molar-refractivity contribution in [1.82, 2.24) is 20.0 Å². The number of benzene rings is 1. The number of rotatable bonds is 11. The molecule has 2 heterocycles. The van der Waals surface area contributed by atoms with Gasteiger partial charge >= 0.3 is 0 Å². The van der Waals surface area contributed by atoms with Crippen molar-refractivity contribution in [3.8, 4) is 0 Å². The van der Waals surface area contributed by atoms with Crippen molar-refractivity contribution in [3.63, 3.8) is 0 Å². The molecule has 0 spiro atoms. The molecule has 0 radical (unpaired) electrons. The van der Waals surface area contributed by atoms with Crippen LogP contribution < -0.4 is 10.2 Å². The first kappa shape index (κ1) is 32.1. The van der Waals surface area contributed by atoms with Gasteiger partial charge in [-0.05, 0) is 55.2 Å². The van der Waals surface area contributed by atoms with Crippen molar-refractivity contribution >= 4 is 35.4 Å². The zero-order chi connectivity index (χ0) is 27.8. The van der Waals surface area contributed by atoms with Crippen LogP contribution in [-0.4, -0.2) is 73.8 Å². The number of piperidine rings is 1. The van der Waals surface area contributed by atoms with Crippen molar-refractivity contribution in [2.45, 2.75) is 59.8 Å². The highest BCUT2D eigenvalue weighted by Crippen LogP contribution is 2.28. The van der Waals surface area contributed by atoms with E-state index in [2.05, 4.69) is 42.5 Å². The van der Waals surface area contributed by atoms with Gasteiger partial charge in [-0.1, -0.05) is 33.8 Å². The highest BCUT2D eigenvalue weighted by atomic mass is 16.5. The number of likely N-dealkylation sites (tertiary alicyclic amines) is 1. The molecule has 1 saturated heterocycles. The second-order valence-electron chi connectivity index (χ2n) is 9.63. The van der Waals surface area contributed by atoms with E-state index in [0.717, 1.165) is 68.5 Å². The summed E-state index contributed by atoms with van der Waals surface area (Å²) >= 11 is 0. The summed E-state index contributed by atoms with van der Waals surface area (Å²) in [5.74, 6) is 1.88. The molecule has 2 aromatic rings. The zero-order valence-corrected chi connectivity index (χ0v) is 23.8. The number of carbonyl (C=O) groups excluding carboxylic acids is 3. The fraction of sp³-hybridized carbons (Fsp3) is 0.643. The van der Waals surface area contributed by atoms with Gasteiger partial charge in [-0.15, -0.1) is 0 Å². The minimum absolute atomic E-state index is 0.230. The average molecular weight is 518 g/mol. The van der Waals surface area contributed by atoms with E-state index >= 15 is 0 Å². The summed E-state index contributed by atoms with van der Waals surface area (Å²) in [6.07, 6.45) is 5.91. The maximum absolute atomic E-state index is 11.5. The Labute approximate surface area is 222 Å². The maximum atomic E-state index is 11.5. The van der Waals surface area contributed by atoms with Crippen LogP contribution >= 0.6 is 0 Å². The van der Waals surface area contributed by atoms with Crippen LogP contribution in [0.4, 0.5) is 5.82 Å². The molecule has 1 N–H and O–H groups in total. The van der Waals surface area contributed by atoms with Gasteiger partial charge in [0.05, 0.1) is 5.52 Å². The van der Waals surface area contributed by atoms with Crippen LogP contribution in [0.15, 0.2) is 18.2 Å². The van der Waals surface area contributed by atoms with Gasteiger partial charge in [0.25, 0.3) is 0 Å². The smallest absolute Gasteiger partial charge is 0.228 e. The minimum Gasteiger partial charge on any atom is -0.384 e. The summed E-state index contributed by atoms with van der Waals surface area (Å²) in [6.45, 7) is 11.4. The molecule has 0 bridgehead atoms. The van der Waals surface area contributed by atoms with E-state index in [4.69, 9.17) is 4.74 Å². The van der Waals surface area contributed by atoms with Crippen LogP contribution in [0.5, 0.6) is 0 Å². The van der Waals surface area contributed by atoms with Crippen LogP contribution in [-0.2, 0) is 32.6 Å². The first-order valence-corrected chi connectivity index (χ1v) is 13.4. The molecular weight excluding hydrogens is 470 g/mol. The number of imide groups is 1. The highest BCUT2D eigenvalue weighted by Gasteiger charge is 2.18. The molecular formula is C28H47N5O4. The van der Waals surface area contributed by atoms with Gasteiger partial charge in [0.1, 0.15) is 0 Å². The predicted octanol–water partition coefficient (Wildman–Crippen LogP) is 3.79. The summed E-state index contributed by atoms with van der Waals surface area (Å²) in [5, 5.41) is 7.83. The Hall–Kier alpha value is -2.94. The van der Waals surface area contributed by atoms with Crippen LogP contribution in [0.1, 0.15) is 58.9 Å². The van der Waals surface area contributed by atoms with E-state index in [1.54, 1.807) is 7.11 Å². The Morgan fingerprint density at radius 1 is 1.24 bits per heavy atom. The third-order valence-corrected chi connectivity index (χ3v) is 6.29. The largest absolute Gasteiger partial charge is 0.384 e. The quantitative estimate of drug-likeness (QED) is 0.456. The lowest BCUT2D eigenvalue weighted by Gasteiger charge is -2.29. The zero-order valence-electron chi connectivity index (χ0n) is 23.8. The van der Waals surface area contributed by atoms with Crippen molar-refractivity contribution in [2.75, 3.05) is 45.3 Å². The molecule has 9 heteroatoms. The van der Waals surface area contributed by atoms with Crippen LogP contribution in [0, 0.1) is 11.8 Å². The molecule has 3 amide bonds. The number of methoxy groups -OCH3 is 1. The summed E-state index contributed by atoms with van der Waals surface area (Å²) in [7, 11) is 5.55. The fourth-order valence-electron chi connectivity index (χ4n) is 4.29. The average Bonchev–Trinajstić information content (AvgIpc) is 3.24. The van der Waals surface area contributed by atoms with Crippen molar-refractivity contribution in [2.24, 2.45) is 18.9 Å². The topological polar surface area (TPSA) is 96.8 Å². The fourth-order valence-corrected chi connectivity index (χ4v) is 4.29. The lowest BCUT2D eigenvalue weighted by Crippen LogP contribution is -2.32. The van der Waals surface area contributed by atoms with E-state index in [9.17, 15) is 14.4 Å². The molecule has 3 rings (SSSR count). The molecule has 0 unspecified atom stereocenters. The number of nitrogens with one attached hydrogen (secondary N) is 1. The van der Waals surface area contributed by atoms with Gasteiger partial charge in [0, 0.05) is 59.3 Å². The van der Waals surface area contributed by atoms with E-state index < -0.39 is 0 Å². The molecule has 1 fully saturated rings. The van der Waals surface area contributed by atoms with E-state index in [1.165, 1.54) is 5.56 Å². The van der Waals surface area contributed by atoms with Gasteiger partial charge in [-0.3, -0.25) is 24.4 Å². The third-order valence-electron chi connectivity index (χ3n) is 6.29. The van der Waals surface area contributed by atoms with Crippen LogP contribution in [0.25, 0.3) is 10.9 Å². The maximum Gasteiger partial charge on any atom is 0.228 e. The molecule has 0 aliphatic carbocycles. The summed E-state index contributed by atoms with van der Waals surface area (Å²) in [4.78, 5) is 36.5. The minimum atomic E-state index is -0.298. The Kier molecular flexibility index (Phi) is 15.2. The van der Waals surface area contributed by atoms with Gasteiger partial charge in [0.15, 0.2) is 5.82 Å². The molecule has 9 nitrogen and oxygen atoms in total. The second-order valence-corrected chi connectivity index (χ2v) is 9.63. The number of aryl methyl sites for hydroxylation is 2. The van der Waals surface area contributed by atoms with Crippen molar-refractivity contribution in [3.05, 3.63) is 23.8 Å². The van der Waals surface area contributed by atoms with Crippen LogP contribution in [0.3, 0.4) is 0 Å². The normalized spacial score (nSPS) is 13.4. The first-order valence-electron chi connectivity index (χ1n) is 13.4. The number of nitrogens with zero attached hydrogens (tertiary/aromatic N) is 4. The Balaban J connectivity index is 0.000000752. The van der Waals surface area contributed by atoms with Crippen molar-refractivity contribution < 1.29 is 19.1 Å². The van der Waals surface area contributed by atoms with E-state index in [-0.39, 0.29) is 12.3 Å². The molecule has 1 aromatic carbocycles. The number of hydrogen-bond acceptors (Lipinski definition) is 6. The Bertz CT molecular complexity index is 951. The summed E-state index contributed by atoms with van der Waals surface area (Å²) in [5.41, 5.74) is 2.36. The lowest BCUT2D eigenvalue weighted by molar-refractivity contribution is -0.125. The molecule has 0 atom stereocenters. The van der Waals surface area contributed by atoms with Gasteiger partial charge in [0.2, 0.25) is 18.7 Å². The SMILES string of the molecule is CC.CN(CCC(=O)NC=O)c1nn(C)c2cc(CCC3CCN(C=O)CC3)ccc12.COCC(C)C. The number of ether oxygens (including phenoxy) is 1. The Morgan fingerprint density at radius 2 is 1.92 bits per heavy atom. The van der Waals surface area contributed by atoms with Crippen LogP contribution in [0.2, 0.25) is 0 Å². The van der Waals surface area contributed by atoms with Gasteiger partial charge < -0.3 is 14.5 Å². The molecule has 1 aliphatic heterocycles. The van der Waals surface area contributed by atoms with Gasteiger partial charge in [-0.25, -0.2) is 0 Å². The number of carbonyl (C=O) groups is 3. The van der Waals surface area contributed by atoms with E-state index in [0.29, 0.717) is 24.8 Å². The predicted molar refractivity (Wildman–Crippen MR) is 150 cm³/mol. The molecule has 0 saturated carbocycles. The summed E-state index contributed by atoms with van der Waals surface area (Å²) < 4.78 is 6.68. The highest BCUT2D eigenvalue weighted by molar-refractivity contribution is 5.91. The second kappa shape index (κ2) is 17.5. The number of aromatic nitrogens is 2. The number of anilines is 1. The summed E-state index contributed by atoms with van der Waals surface area (Å²) in [6, 6.07) is 6.45. The number of amides is 3. The number of hydrogen-bond donors (Lipinski definition) is 1. The number of fused-ring (bicyclic) bond motifs is 1. The molecule has 1 aromatic heterocycles. The van der Waals surface area contributed by atoms with E-state index in [1.807, 2.05) is 42.4 Å². The monoisotopic (exact) mass is 517 g/mol. The molecule has 208 valence electrons. The van der Waals surface area contributed by atoms with Crippen molar-refractivity contribution in [1.29, 1.82) is 0 Å². The first-order chi connectivity index (χ1) is 17.8. The lowest BCUT2D eigenvalue weighted by atomic mass is 9.90.